The zero-order valence-corrected chi connectivity index (χ0v) is 31.2. The second kappa shape index (κ2) is 11.8. The van der Waals surface area contributed by atoms with Gasteiger partial charge in [0, 0.05) is 22.0 Å². The van der Waals surface area contributed by atoms with Crippen molar-refractivity contribution >= 4 is 22.8 Å². The van der Waals surface area contributed by atoms with Crippen molar-refractivity contribution in [2.24, 2.45) is 11.8 Å². The van der Waals surface area contributed by atoms with Crippen LogP contribution in [0.1, 0.15) is 102 Å². The van der Waals surface area contributed by atoms with Gasteiger partial charge in [-0.3, -0.25) is 0 Å². The monoisotopic (exact) mass is 660 g/mol. The normalized spacial score (nSPS) is 15.1. The molecule has 0 saturated carbocycles. The van der Waals surface area contributed by atoms with Gasteiger partial charge >= 0.3 is 0 Å². The van der Waals surface area contributed by atoms with E-state index >= 15 is 0 Å². The zero-order valence-electron chi connectivity index (χ0n) is 30.4. The molecule has 0 radical (unpaired) electrons. The van der Waals surface area contributed by atoms with Gasteiger partial charge in [-0.15, -0.1) is 0 Å². The number of hydrogen-bond donors (Lipinski definition) is 0. The van der Waals surface area contributed by atoms with Crippen LogP contribution in [0.25, 0.3) is 55.5 Å². The summed E-state index contributed by atoms with van der Waals surface area (Å²) in [6.07, 6.45) is 4.72. The number of aryl methyl sites for hydroxylation is 2. The van der Waals surface area contributed by atoms with Gasteiger partial charge in [-0.2, -0.15) is 8.75 Å². The van der Waals surface area contributed by atoms with Crippen LogP contribution in [-0.2, 0) is 23.7 Å². The summed E-state index contributed by atoms with van der Waals surface area (Å²) in [6.45, 7) is 18.8. The summed E-state index contributed by atoms with van der Waals surface area (Å²) in [6, 6.07) is 33.0. The molecule has 0 unspecified atom stereocenters. The molecule has 0 fully saturated rings. The highest BCUT2D eigenvalue weighted by Gasteiger charge is 2.37. The van der Waals surface area contributed by atoms with E-state index in [1.165, 1.54) is 91.3 Å². The summed E-state index contributed by atoms with van der Waals surface area (Å²) in [5, 5.41) is 0. The summed E-state index contributed by atoms with van der Waals surface area (Å²) in [5.41, 5.74) is 20.7. The maximum Gasteiger partial charge on any atom is 0.113 e. The van der Waals surface area contributed by atoms with Gasteiger partial charge in [0.1, 0.15) is 11.0 Å². The Morgan fingerprint density at radius 3 is 1.20 bits per heavy atom. The lowest BCUT2D eigenvalue weighted by atomic mass is 9.80. The van der Waals surface area contributed by atoms with E-state index in [4.69, 9.17) is 8.75 Å². The predicted octanol–water partition coefficient (Wildman–Crippen LogP) is 12.8. The minimum absolute atomic E-state index is 0.0577. The summed E-state index contributed by atoms with van der Waals surface area (Å²) >= 11 is 1.32. The first-order valence-electron chi connectivity index (χ1n) is 18.3. The van der Waals surface area contributed by atoms with Crippen LogP contribution in [0.3, 0.4) is 0 Å². The van der Waals surface area contributed by atoms with Crippen LogP contribution in [0.15, 0.2) is 84.9 Å². The summed E-state index contributed by atoms with van der Waals surface area (Å²) < 4.78 is 9.80. The molecule has 8 rings (SSSR count). The minimum atomic E-state index is -0.0577. The van der Waals surface area contributed by atoms with Gasteiger partial charge in [-0.05, 0) is 116 Å². The van der Waals surface area contributed by atoms with Crippen LogP contribution in [-0.4, -0.2) is 8.75 Å². The first-order chi connectivity index (χ1) is 23.4. The molecule has 2 aliphatic rings. The van der Waals surface area contributed by atoms with E-state index in [9.17, 15) is 0 Å². The first kappa shape index (κ1) is 32.1. The third-order valence-electron chi connectivity index (χ3n) is 11.5. The van der Waals surface area contributed by atoms with Crippen molar-refractivity contribution < 1.29 is 0 Å². The van der Waals surface area contributed by atoms with Crippen LogP contribution in [0.2, 0.25) is 0 Å². The smallest absolute Gasteiger partial charge is 0.113 e. The van der Waals surface area contributed by atoms with E-state index in [2.05, 4.69) is 140 Å². The van der Waals surface area contributed by atoms with Crippen molar-refractivity contribution in [3.05, 3.63) is 118 Å². The third-order valence-corrected chi connectivity index (χ3v) is 12.1. The lowest BCUT2D eigenvalue weighted by Gasteiger charge is -2.23. The lowest BCUT2D eigenvalue weighted by molar-refractivity contribution is 0.585. The molecule has 1 heterocycles. The Bertz CT molecular complexity index is 2090. The SMILES string of the molecule is CC(C)CCc1ccc2c(c1)C(C)(C)c1cc(-c3ccc(-c4ccc5c(c4)C(C)(C)c4cc(CCC(C)C)ccc4-5)c4nsnc34)ccc1-2. The molecule has 0 N–H and O–H groups in total. The van der Waals surface area contributed by atoms with Crippen LogP contribution >= 0.6 is 11.7 Å². The minimum Gasteiger partial charge on any atom is -0.172 e. The Morgan fingerprint density at radius 2 is 0.816 bits per heavy atom. The maximum atomic E-state index is 4.90. The molecular formula is C46H48N2S. The molecule has 2 nitrogen and oxygen atoms in total. The molecule has 0 aliphatic heterocycles. The highest BCUT2D eigenvalue weighted by atomic mass is 32.1. The number of hydrogen-bond acceptors (Lipinski definition) is 3. The molecule has 3 heteroatoms. The van der Waals surface area contributed by atoms with Crippen LogP contribution in [0.5, 0.6) is 0 Å². The van der Waals surface area contributed by atoms with Gasteiger partial charge in [-0.1, -0.05) is 128 Å². The quantitative estimate of drug-likeness (QED) is 0.162. The highest BCUT2D eigenvalue weighted by molar-refractivity contribution is 7.00. The third kappa shape index (κ3) is 5.28. The van der Waals surface area contributed by atoms with Gasteiger partial charge in [0.2, 0.25) is 0 Å². The predicted molar refractivity (Wildman–Crippen MR) is 210 cm³/mol. The van der Waals surface area contributed by atoms with Gasteiger partial charge < -0.3 is 0 Å². The molecule has 0 spiro atoms. The molecule has 5 aromatic carbocycles. The van der Waals surface area contributed by atoms with Crippen LogP contribution in [0.4, 0.5) is 0 Å². The van der Waals surface area contributed by atoms with Crippen molar-refractivity contribution in [2.45, 2.75) is 91.9 Å². The summed E-state index contributed by atoms with van der Waals surface area (Å²) in [7, 11) is 0. The largest absolute Gasteiger partial charge is 0.172 e. The highest BCUT2D eigenvalue weighted by Crippen LogP contribution is 2.52. The second-order valence-corrected chi connectivity index (χ2v) is 17.0. The number of aromatic nitrogens is 2. The lowest BCUT2D eigenvalue weighted by Crippen LogP contribution is -2.15. The Kier molecular flexibility index (Phi) is 7.72. The van der Waals surface area contributed by atoms with E-state index in [-0.39, 0.29) is 10.8 Å². The van der Waals surface area contributed by atoms with Crippen molar-refractivity contribution in [1.82, 2.24) is 8.75 Å². The summed E-state index contributed by atoms with van der Waals surface area (Å²) in [5.74, 6) is 1.42. The molecule has 0 atom stereocenters. The fraction of sp³-hybridized carbons (Fsp3) is 0.348. The summed E-state index contributed by atoms with van der Waals surface area (Å²) in [4.78, 5) is 0. The Balaban J connectivity index is 1.14. The van der Waals surface area contributed by atoms with Crippen LogP contribution < -0.4 is 0 Å². The Hall–Kier alpha value is -4.08. The van der Waals surface area contributed by atoms with Crippen LogP contribution in [0, 0.1) is 11.8 Å². The number of fused-ring (bicyclic) bond motifs is 7. The average Bonchev–Trinajstić information content (AvgIpc) is 3.72. The molecule has 1 aromatic heterocycles. The van der Waals surface area contributed by atoms with Gasteiger partial charge in [0.05, 0.1) is 11.7 Å². The van der Waals surface area contributed by atoms with Gasteiger partial charge in [-0.25, -0.2) is 0 Å². The van der Waals surface area contributed by atoms with Crippen molar-refractivity contribution in [3.63, 3.8) is 0 Å². The second-order valence-electron chi connectivity index (χ2n) is 16.5. The fourth-order valence-electron chi connectivity index (χ4n) is 8.46. The first-order valence-corrected chi connectivity index (χ1v) is 19.0. The number of benzene rings is 5. The van der Waals surface area contributed by atoms with E-state index in [1.807, 2.05) is 0 Å². The molecule has 2 aliphatic carbocycles. The Labute approximate surface area is 297 Å². The van der Waals surface area contributed by atoms with Crippen molar-refractivity contribution in [3.8, 4) is 44.5 Å². The topological polar surface area (TPSA) is 25.8 Å². The maximum absolute atomic E-state index is 4.90. The number of nitrogens with zero attached hydrogens (tertiary/aromatic N) is 2. The molecule has 248 valence electrons. The fourth-order valence-corrected chi connectivity index (χ4v) is 9.03. The molecule has 6 aromatic rings. The average molecular weight is 661 g/mol. The van der Waals surface area contributed by atoms with E-state index < -0.39 is 0 Å². The number of rotatable bonds is 8. The Morgan fingerprint density at radius 1 is 0.469 bits per heavy atom. The molecule has 0 saturated heterocycles. The van der Waals surface area contributed by atoms with E-state index in [0.29, 0.717) is 11.8 Å². The standard InChI is InChI=1S/C46H48N2S/c1-27(2)9-11-29-13-17-35-37-19-15-31(25-41(37)45(5,6)39(35)23-29)33-21-22-34(44-43(33)47-49-48-44)32-16-20-38-36-18-14-30(12-10-28(3)4)24-40(36)46(7,8)42(38)26-32/h13-28H,9-12H2,1-8H3. The molecule has 0 bridgehead atoms. The van der Waals surface area contributed by atoms with Gasteiger partial charge in [0.25, 0.3) is 0 Å². The van der Waals surface area contributed by atoms with Crippen molar-refractivity contribution in [1.29, 1.82) is 0 Å². The molecule has 49 heavy (non-hydrogen) atoms. The van der Waals surface area contributed by atoms with E-state index in [0.717, 1.165) is 35.0 Å². The van der Waals surface area contributed by atoms with Gasteiger partial charge in [0.15, 0.2) is 0 Å². The molecule has 0 amide bonds. The van der Waals surface area contributed by atoms with Crippen molar-refractivity contribution in [2.75, 3.05) is 0 Å². The van der Waals surface area contributed by atoms with E-state index in [1.54, 1.807) is 0 Å². The zero-order chi connectivity index (χ0) is 34.2. The molecular weight excluding hydrogens is 613 g/mol.